The van der Waals surface area contributed by atoms with E-state index >= 15 is 0 Å². The molecule has 0 aliphatic rings. The molecule has 0 saturated carbocycles. The number of aromatic hydroxyl groups is 1. The molecule has 5 heteroatoms. The van der Waals surface area contributed by atoms with Crippen LogP contribution in [0.15, 0.2) is 41.0 Å². The fourth-order valence-electron chi connectivity index (χ4n) is 1.74. The number of nitrogens with one attached hydrogen (secondary N) is 1. The molecule has 2 aromatic rings. The Morgan fingerprint density at radius 1 is 1.26 bits per heavy atom. The van der Waals surface area contributed by atoms with Crippen LogP contribution in [0.25, 0.3) is 0 Å². The number of phenolic OH excluding ortho intramolecular Hbond substituents is 1. The van der Waals surface area contributed by atoms with Crippen molar-refractivity contribution in [1.29, 1.82) is 0 Å². The third-order valence-electron chi connectivity index (χ3n) is 2.74. The smallest absolute Gasteiger partial charge is 0.374 e. The molecule has 0 aliphatic carbocycles. The summed E-state index contributed by atoms with van der Waals surface area (Å²) in [7, 11) is 1.31. The van der Waals surface area contributed by atoms with Gasteiger partial charge in [0.05, 0.1) is 13.4 Å². The van der Waals surface area contributed by atoms with Gasteiger partial charge in [0.15, 0.2) is 0 Å². The first-order valence-corrected chi connectivity index (χ1v) is 5.84. The molecule has 2 N–H and O–H groups in total. The highest BCUT2D eigenvalue weighted by Crippen LogP contribution is 2.16. The molecule has 0 aliphatic heterocycles. The monoisotopic (exact) mass is 261 g/mol. The summed E-state index contributed by atoms with van der Waals surface area (Å²) in [6.07, 6.45) is 1.45. The highest BCUT2D eigenvalue weighted by molar-refractivity contribution is 5.87. The molecule has 1 aromatic heterocycles. The van der Waals surface area contributed by atoms with E-state index in [1.165, 1.54) is 13.4 Å². The summed E-state index contributed by atoms with van der Waals surface area (Å²) >= 11 is 0. The number of carbonyl (C=O) groups is 1. The summed E-state index contributed by atoms with van der Waals surface area (Å²) in [5, 5.41) is 12.8. The highest BCUT2D eigenvalue weighted by Gasteiger charge is 2.15. The van der Waals surface area contributed by atoms with Crippen molar-refractivity contribution in [3.8, 4) is 5.75 Å². The normalized spacial score (nSPS) is 10.4. The summed E-state index contributed by atoms with van der Waals surface area (Å²) in [4.78, 5) is 11.4. The number of hydrogen-bond acceptors (Lipinski definition) is 5. The molecular weight excluding hydrogens is 246 g/mol. The van der Waals surface area contributed by atoms with Gasteiger partial charge in [-0.2, -0.15) is 0 Å². The number of benzene rings is 1. The lowest BCUT2D eigenvalue weighted by molar-refractivity contribution is 0.0563. The average molecular weight is 261 g/mol. The van der Waals surface area contributed by atoms with Crippen molar-refractivity contribution in [3.05, 3.63) is 53.5 Å². The first-order valence-electron chi connectivity index (χ1n) is 5.84. The van der Waals surface area contributed by atoms with Gasteiger partial charge in [-0.3, -0.25) is 0 Å². The summed E-state index contributed by atoms with van der Waals surface area (Å²) < 4.78 is 9.70. The van der Waals surface area contributed by atoms with Crippen LogP contribution in [-0.4, -0.2) is 18.2 Å². The van der Waals surface area contributed by atoms with Gasteiger partial charge in [0.2, 0.25) is 5.76 Å². The van der Waals surface area contributed by atoms with Crippen LogP contribution in [0.3, 0.4) is 0 Å². The molecule has 0 spiro atoms. The highest BCUT2D eigenvalue weighted by atomic mass is 16.5. The van der Waals surface area contributed by atoms with Crippen molar-refractivity contribution in [2.75, 3.05) is 7.11 Å². The molecule has 1 heterocycles. The largest absolute Gasteiger partial charge is 0.508 e. The van der Waals surface area contributed by atoms with E-state index in [-0.39, 0.29) is 11.5 Å². The minimum absolute atomic E-state index is 0.201. The van der Waals surface area contributed by atoms with Crippen LogP contribution < -0.4 is 5.32 Å². The van der Waals surface area contributed by atoms with Crippen molar-refractivity contribution in [1.82, 2.24) is 5.32 Å². The number of furan rings is 1. The van der Waals surface area contributed by atoms with E-state index in [1.54, 1.807) is 18.2 Å². The number of rotatable bonds is 5. The fraction of sp³-hybridized carbons (Fsp3) is 0.214. The lowest BCUT2D eigenvalue weighted by Crippen LogP contribution is -2.14. The van der Waals surface area contributed by atoms with Gasteiger partial charge in [-0.15, -0.1) is 0 Å². The van der Waals surface area contributed by atoms with E-state index < -0.39 is 5.97 Å². The summed E-state index contributed by atoms with van der Waals surface area (Å²) in [5.74, 6) is -0.0490. The van der Waals surface area contributed by atoms with E-state index in [4.69, 9.17) is 4.42 Å². The Labute approximate surface area is 110 Å². The van der Waals surface area contributed by atoms with E-state index in [2.05, 4.69) is 10.1 Å². The van der Waals surface area contributed by atoms with E-state index in [9.17, 15) is 9.90 Å². The molecule has 0 unspecified atom stereocenters. The van der Waals surface area contributed by atoms with Crippen molar-refractivity contribution in [2.24, 2.45) is 0 Å². The number of ether oxygens (including phenoxy) is 1. The Hall–Kier alpha value is -2.27. The van der Waals surface area contributed by atoms with Gasteiger partial charge in [0.1, 0.15) is 5.75 Å². The predicted octanol–water partition coefficient (Wildman–Crippen LogP) is 2.06. The zero-order valence-corrected chi connectivity index (χ0v) is 10.6. The van der Waals surface area contributed by atoms with Gasteiger partial charge < -0.3 is 19.6 Å². The predicted molar refractivity (Wildman–Crippen MR) is 68.7 cm³/mol. The number of para-hydroxylation sites is 1. The molecule has 0 bridgehead atoms. The first kappa shape index (κ1) is 13.2. The van der Waals surface area contributed by atoms with Crippen molar-refractivity contribution in [3.63, 3.8) is 0 Å². The molecule has 0 radical (unpaired) electrons. The van der Waals surface area contributed by atoms with Gasteiger partial charge in [0, 0.05) is 24.2 Å². The number of methoxy groups -OCH3 is 1. The Balaban J connectivity index is 1.95. The standard InChI is InChI=1S/C14H15NO4/c1-18-14(17)13-11(6-7-19-13)9-15-8-10-4-2-3-5-12(10)16/h2-7,15-16H,8-9H2,1H3. The third kappa shape index (κ3) is 3.14. The zero-order valence-electron chi connectivity index (χ0n) is 10.6. The molecule has 19 heavy (non-hydrogen) atoms. The first-order chi connectivity index (χ1) is 9.22. The Morgan fingerprint density at radius 3 is 2.74 bits per heavy atom. The van der Waals surface area contributed by atoms with Crippen molar-refractivity contribution < 1.29 is 19.1 Å². The zero-order chi connectivity index (χ0) is 13.7. The van der Waals surface area contributed by atoms with Crippen molar-refractivity contribution >= 4 is 5.97 Å². The number of hydrogen-bond donors (Lipinski definition) is 2. The molecule has 5 nitrogen and oxygen atoms in total. The van der Waals surface area contributed by atoms with E-state index in [0.29, 0.717) is 13.1 Å². The van der Waals surface area contributed by atoms with Gasteiger partial charge >= 0.3 is 5.97 Å². The maximum atomic E-state index is 11.4. The van der Waals surface area contributed by atoms with Crippen LogP contribution >= 0.6 is 0 Å². The summed E-state index contributed by atoms with van der Waals surface area (Å²) in [6, 6.07) is 8.80. The SMILES string of the molecule is COC(=O)c1occc1CNCc1ccccc1O. The lowest BCUT2D eigenvalue weighted by Gasteiger charge is -2.06. The van der Waals surface area contributed by atoms with Crippen LogP contribution in [-0.2, 0) is 17.8 Å². The van der Waals surface area contributed by atoms with E-state index in [0.717, 1.165) is 11.1 Å². The maximum Gasteiger partial charge on any atom is 0.374 e. The summed E-state index contributed by atoms with van der Waals surface area (Å²) in [5.41, 5.74) is 1.52. The fourth-order valence-corrected chi connectivity index (χ4v) is 1.74. The van der Waals surface area contributed by atoms with Gasteiger partial charge in [-0.25, -0.2) is 4.79 Å². The summed E-state index contributed by atoms with van der Waals surface area (Å²) in [6.45, 7) is 0.952. The quantitative estimate of drug-likeness (QED) is 0.806. The van der Waals surface area contributed by atoms with Gasteiger partial charge in [0.25, 0.3) is 0 Å². The Bertz CT molecular complexity index is 562. The maximum absolute atomic E-state index is 11.4. The molecule has 100 valence electrons. The molecule has 2 rings (SSSR count). The molecule has 0 amide bonds. The minimum atomic E-state index is -0.496. The number of phenols is 1. The van der Waals surface area contributed by atoms with E-state index in [1.807, 2.05) is 12.1 Å². The van der Waals surface area contributed by atoms with Crippen LogP contribution in [0, 0.1) is 0 Å². The van der Waals surface area contributed by atoms with Crippen LogP contribution in [0.2, 0.25) is 0 Å². The van der Waals surface area contributed by atoms with Crippen LogP contribution in [0.4, 0.5) is 0 Å². The van der Waals surface area contributed by atoms with Gasteiger partial charge in [-0.05, 0) is 12.1 Å². The average Bonchev–Trinajstić information content (AvgIpc) is 2.88. The Morgan fingerprint density at radius 2 is 2.00 bits per heavy atom. The number of carbonyl (C=O) groups excluding carboxylic acids is 1. The topological polar surface area (TPSA) is 71.7 Å². The van der Waals surface area contributed by atoms with Crippen LogP contribution in [0.5, 0.6) is 5.75 Å². The molecular formula is C14H15NO4. The van der Waals surface area contributed by atoms with Gasteiger partial charge in [-0.1, -0.05) is 18.2 Å². The minimum Gasteiger partial charge on any atom is -0.508 e. The molecule has 0 atom stereocenters. The second kappa shape index (κ2) is 6.06. The van der Waals surface area contributed by atoms with Crippen molar-refractivity contribution in [2.45, 2.75) is 13.1 Å². The molecule has 1 aromatic carbocycles. The molecule has 0 saturated heterocycles. The second-order valence-corrected chi connectivity index (χ2v) is 4.00. The number of esters is 1. The third-order valence-corrected chi connectivity index (χ3v) is 2.74. The second-order valence-electron chi connectivity index (χ2n) is 4.00. The van der Waals surface area contributed by atoms with Crippen LogP contribution in [0.1, 0.15) is 21.7 Å². The molecule has 0 fully saturated rings. The Kier molecular flexibility index (Phi) is 4.20. The lowest BCUT2D eigenvalue weighted by atomic mass is 10.2.